The van der Waals surface area contributed by atoms with Crippen LogP contribution < -0.4 is 5.73 Å². The Bertz CT molecular complexity index is 1140. The first-order valence-electron chi connectivity index (χ1n) is 8.99. The van der Waals surface area contributed by atoms with Crippen LogP contribution in [0.15, 0.2) is 48.7 Å². The van der Waals surface area contributed by atoms with Crippen LogP contribution in [0.2, 0.25) is 0 Å². The van der Waals surface area contributed by atoms with Gasteiger partial charge in [-0.25, -0.2) is 9.37 Å². The number of nitrogen functional groups attached to an aromatic ring is 1. The Morgan fingerprint density at radius 2 is 1.78 bits per heavy atom. The van der Waals surface area contributed by atoms with Gasteiger partial charge in [-0.15, -0.1) is 0 Å². The van der Waals surface area contributed by atoms with Crippen molar-refractivity contribution in [3.05, 3.63) is 71.6 Å². The molecule has 0 aliphatic heterocycles. The first-order chi connectivity index (χ1) is 13.0. The Balaban J connectivity index is 1.96. The lowest BCUT2D eigenvalue weighted by molar-refractivity contribution is 0.632. The van der Waals surface area contributed by atoms with Crippen LogP contribution >= 0.6 is 0 Å². The summed E-state index contributed by atoms with van der Waals surface area (Å²) in [6.45, 7) is 6.12. The summed E-state index contributed by atoms with van der Waals surface area (Å²) in [4.78, 5) is 9.24. The number of hydrogen-bond donors (Lipinski definition) is 1. The van der Waals surface area contributed by atoms with Gasteiger partial charge in [0.1, 0.15) is 11.6 Å². The second-order valence-electron chi connectivity index (χ2n) is 6.73. The van der Waals surface area contributed by atoms with Gasteiger partial charge in [0, 0.05) is 27.9 Å². The number of benzene rings is 1. The van der Waals surface area contributed by atoms with Gasteiger partial charge in [-0.2, -0.15) is 0 Å². The van der Waals surface area contributed by atoms with Crippen LogP contribution in [0.3, 0.4) is 0 Å². The normalized spacial score (nSPS) is 11.3. The molecule has 136 valence electrons. The van der Waals surface area contributed by atoms with Gasteiger partial charge in [-0.05, 0) is 62.7 Å². The van der Waals surface area contributed by atoms with Gasteiger partial charge in [-0.1, -0.05) is 6.92 Å². The number of nitrogens with two attached hydrogens (primary N) is 1. The molecule has 0 fully saturated rings. The van der Waals surface area contributed by atoms with E-state index in [2.05, 4.69) is 21.7 Å². The zero-order valence-corrected chi connectivity index (χ0v) is 15.6. The van der Waals surface area contributed by atoms with Crippen LogP contribution in [-0.2, 0) is 6.42 Å². The number of pyridine rings is 2. The van der Waals surface area contributed by atoms with Crippen LogP contribution in [0.1, 0.15) is 24.0 Å². The highest BCUT2D eigenvalue weighted by atomic mass is 19.1. The molecule has 0 bridgehead atoms. The number of halogens is 1. The smallest absolute Gasteiger partial charge is 0.137 e. The van der Waals surface area contributed by atoms with E-state index in [1.54, 1.807) is 12.3 Å². The average Bonchev–Trinajstić information content (AvgIpc) is 3.00. The first-order valence-corrected chi connectivity index (χ1v) is 8.99. The van der Waals surface area contributed by atoms with Crippen LogP contribution in [0.25, 0.3) is 27.8 Å². The number of aryl methyl sites for hydroxylation is 3. The average molecular weight is 360 g/mol. The summed E-state index contributed by atoms with van der Waals surface area (Å²) in [5, 5.41) is 0.814. The van der Waals surface area contributed by atoms with Gasteiger partial charge in [0.15, 0.2) is 0 Å². The van der Waals surface area contributed by atoms with Crippen LogP contribution in [-0.4, -0.2) is 14.5 Å². The minimum Gasteiger partial charge on any atom is -0.397 e. The van der Waals surface area contributed by atoms with Crippen molar-refractivity contribution in [1.29, 1.82) is 0 Å². The van der Waals surface area contributed by atoms with Crippen LogP contribution in [0, 0.1) is 19.7 Å². The number of fused-ring (bicyclic) bond motifs is 1. The van der Waals surface area contributed by atoms with Crippen molar-refractivity contribution in [2.75, 3.05) is 5.73 Å². The summed E-state index contributed by atoms with van der Waals surface area (Å²) in [5.74, 6) is 0.533. The predicted octanol–water partition coefficient (Wildman–Crippen LogP) is 4.99. The van der Waals surface area contributed by atoms with Crippen molar-refractivity contribution in [3.8, 4) is 16.9 Å². The van der Waals surface area contributed by atoms with E-state index in [-0.39, 0.29) is 5.82 Å². The molecule has 2 N–H and O–H groups in total. The van der Waals surface area contributed by atoms with Crippen molar-refractivity contribution in [2.24, 2.45) is 0 Å². The molecule has 4 nitrogen and oxygen atoms in total. The maximum atomic E-state index is 14.8. The van der Waals surface area contributed by atoms with Crippen molar-refractivity contribution >= 4 is 16.6 Å². The van der Waals surface area contributed by atoms with E-state index >= 15 is 0 Å². The molecule has 5 heteroatoms. The van der Waals surface area contributed by atoms with Crippen molar-refractivity contribution in [3.63, 3.8) is 0 Å². The summed E-state index contributed by atoms with van der Waals surface area (Å²) in [5.41, 5.74) is 11.3. The van der Waals surface area contributed by atoms with Gasteiger partial charge in [0.05, 0.1) is 23.1 Å². The van der Waals surface area contributed by atoms with Gasteiger partial charge in [0.2, 0.25) is 0 Å². The Morgan fingerprint density at radius 3 is 2.48 bits per heavy atom. The van der Waals surface area contributed by atoms with Gasteiger partial charge >= 0.3 is 0 Å². The molecule has 0 saturated carbocycles. The quantitative estimate of drug-likeness (QED) is 0.560. The molecule has 1 aromatic carbocycles. The van der Waals surface area contributed by atoms with E-state index in [0.29, 0.717) is 23.2 Å². The highest BCUT2D eigenvalue weighted by Gasteiger charge is 2.17. The number of aromatic nitrogens is 3. The van der Waals surface area contributed by atoms with Crippen LogP contribution in [0.5, 0.6) is 0 Å². The molecule has 0 aliphatic carbocycles. The predicted molar refractivity (Wildman–Crippen MR) is 108 cm³/mol. The number of nitrogens with zero attached hydrogens (tertiary/aromatic N) is 3. The van der Waals surface area contributed by atoms with Gasteiger partial charge in [-0.3, -0.25) is 4.98 Å². The molecular formula is C22H21FN4. The van der Waals surface area contributed by atoms with E-state index in [9.17, 15) is 4.39 Å². The third-order valence-electron chi connectivity index (χ3n) is 4.89. The monoisotopic (exact) mass is 360 g/mol. The molecule has 0 atom stereocenters. The SMILES string of the molecule is CCc1nc(-n2c(C)ccc2C)ccc1-c1c(F)ccc2cc(N)cnc12. The Labute approximate surface area is 157 Å². The van der Waals surface area contributed by atoms with Crippen LogP contribution in [0.4, 0.5) is 10.1 Å². The second kappa shape index (κ2) is 6.50. The van der Waals surface area contributed by atoms with Gasteiger partial charge < -0.3 is 10.3 Å². The maximum Gasteiger partial charge on any atom is 0.137 e. The standard InChI is InChI=1S/C22H21FN4/c1-4-19-17(8-10-20(26-19)27-13(2)5-6-14(27)3)21-18(23)9-7-15-11-16(24)12-25-22(15)21/h5-12H,4,24H2,1-3H3. The summed E-state index contributed by atoms with van der Waals surface area (Å²) in [7, 11) is 0. The summed E-state index contributed by atoms with van der Waals surface area (Å²) in [6.07, 6.45) is 2.25. The fraction of sp³-hybridized carbons (Fsp3) is 0.182. The molecule has 3 aromatic heterocycles. The van der Waals surface area contributed by atoms with Crippen molar-refractivity contribution in [1.82, 2.24) is 14.5 Å². The minimum absolute atomic E-state index is 0.308. The molecule has 4 aromatic rings. The Hall–Kier alpha value is -3.21. The molecule has 27 heavy (non-hydrogen) atoms. The first kappa shape index (κ1) is 17.2. The Morgan fingerprint density at radius 1 is 1.04 bits per heavy atom. The molecular weight excluding hydrogens is 339 g/mol. The summed E-state index contributed by atoms with van der Waals surface area (Å²) in [6, 6.07) is 13.0. The molecule has 0 amide bonds. The maximum absolute atomic E-state index is 14.8. The van der Waals surface area contributed by atoms with E-state index < -0.39 is 0 Å². The second-order valence-corrected chi connectivity index (χ2v) is 6.73. The van der Waals surface area contributed by atoms with E-state index in [1.807, 2.05) is 39.0 Å². The molecule has 3 heterocycles. The zero-order chi connectivity index (χ0) is 19.1. The molecule has 0 saturated heterocycles. The third-order valence-corrected chi connectivity index (χ3v) is 4.89. The summed E-state index contributed by atoms with van der Waals surface area (Å²) < 4.78 is 16.9. The number of rotatable bonds is 3. The zero-order valence-electron chi connectivity index (χ0n) is 15.6. The van der Waals surface area contributed by atoms with E-state index in [1.165, 1.54) is 6.07 Å². The fourth-order valence-electron chi connectivity index (χ4n) is 3.59. The molecule has 0 radical (unpaired) electrons. The lowest BCUT2D eigenvalue weighted by Crippen LogP contribution is -2.05. The Kier molecular flexibility index (Phi) is 4.15. The fourth-order valence-corrected chi connectivity index (χ4v) is 3.59. The molecule has 4 rings (SSSR count). The molecule has 0 spiro atoms. The topological polar surface area (TPSA) is 56.7 Å². The lowest BCUT2D eigenvalue weighted by Gasteiger charge is -2.15. The highest BCUT2D eigenvalue weighted by Crippen LogP contribution is 2.33. The highest BCUT2D eigenvalue weighted by molar-refractivity contribution is 5.95. The van der Waals surface area contributed by atoms with Crippen molar-refractivity contribution < 1.29 is 4.39 Å². The largest absolute Gasteiger partial charge is 0.397 e. The van der Waals surface area contributed by atoms with E-state index in [0.717, 1.165) is 33.8 Å². The van der Waals surface area contributed by atoms with E-state index in [4.69, 9.17) is 10.7 Å². The third kappa shape index (κ3) is 2.85. The van der Waals surface area contributed by atoms with Crippen molar-refractivity contribution in [2.45, 2.75) is 27.2 Å². The molecule has 0 aliphatic rings. The lowest BCUT2D eigenvalue weighted by atomic mass is 9.98. The van der Waals surface area contributed by atoms with Gasteiger partial charge in [0.25, 0.3) is 0 Å². The minimum atomic E-state index is -0.308. The summed E-state index contributed by atoms with van der Waals surface area (Å²) >= 11 is 0. The number of hydrogen-bond acceptors (Lipinski definition) is 3. The molecule has 0 unspecified atom stereocenters. The number of anilines is 1.